The number of hydrogen-bond acceptors (Lipinski definition) is 2. The van der Waals surface area contributed by atoms with Gasteiger partial charge in [-0.05, 0) is 46.9 Å². The van der Waals surface area contributed by atoms with Gasteiger partial charge in [-0.15, -0.1) is 0 Å². The fraction of sp³-hybridized carbons (Fsp3) is 0.0588. The maximum absolute atomic E-state index is 4.97. The highest BCUT2D eigenvalue weighted by molar-refractivity contribution is 9.10. The Bertz CT molecular complexity index is 1570. The highest BCUT2D eigenvalue weighted by atomic mass is 79.9. The van der Waals surface area contributed by atoms with E-state index in [0.29, 0.717) is 0 Å². The molecule has 1 heterocycles. The largest absolute Gasteiger partial charge is 0.232 e. The smallest absolute Gasteiger partial charge is 0.160 e. The molecule has 0 amide bonds. The summed E-state index contributed by atoms with van der Waals surface area (Å²) < 4.78 is 1.09. The van der Waals surface area contributed by atoms with Gasteiger partial charge in [0.25, 0.3) is 0 Å². The van der Waals surface area contributed by atoms with Crippen LogP contribution in [0.15, 0.2) is 138 Å². The number of aromatic nitrogens is 2. The lowest BCUT2D eigenvalue weighted by molar-refractivity contribution is 0.811. The monoisotopic (exact) mass is 540 g/mol. The molecule has 6 rings (SSSR count). The minimum absolute atomic E-state index is 0.262. The zero-order chi connectivity index (χ0) is 25.0. The molecule has 0 aliphatic heterocycles. The molecular formula is C34H25BrN2. The van der Waals surface area contributed by atoms with Gasteiger partial charge in [-0.3, -0.25) is 0 Å². The Morgan fingerprint density at radius 3 is 1.70 bits per heavy atom. The number of hydrogen-bond donors (Lipinski definition) is 0. The third kappa shape index (κ3) is 5.23. The van der Waals surface area contributed by atoms with Gasteiger partial charge in [-0.25, -0.2) is 9.97 Å². The topological polar surface area (TPSA) is 25.8 Å². The Morgan fingerprint density at radius 1 is 0.568 bits per heavy atom. The fourth-order valence-electron chi connectivity index (χ4n) is 4.65. The van der Waals surface area contributed by atoms with Crippen LogP contribution < -0.4 is 0 Å². The first-order valence-corrected chi connectivity index (χ1v) is 13.3. The third-order valence-corrected chi connectivity index (χ3v) is 7.24. The van der Waals surface area contributed by atoms with Crippen molar-refractivity contribution in [3.05, 3.63) is 144 Å². The van der Waals surface area contributed by atoms with Crippen LogP contribution in [0.1, 0.15) is 18.0 Å². The highest BCUT2D eigenvalue weighted by Crippen LogP contribution is 2.31. The molecule has 1 aliphatic carbocycles. The van der Waals surface area contributed by atoms with Crippen LogP contribution in [-0.4, -0.2) is 9.97 Å². The van der Waals surface area contributed by atoms with E-state index in [2.05, 4.69) is 131 Å². The molecule has 0 saturated heterocycles. The van der Waals surface area contributed by atoms with Gasteiger partial charge in [0.2, 0.25) is 0 Å². The maximum atomic E-state index is 4.97. The van der Waals surface area contributed by atoms with Gasteiger partial charge >= 0.3 is 0 Å². The number of allylic oxidation sites excluding steroid dienone is 4. The average Bonchev–Trinajstić information content (AvgIpc) is 2.98. The highest BCUT2D eigenvalue weighted by Gasteiger charge is 2.15. The lowest BCUT2D eigenvalue weighted by Gasteiger charge is -2.15. The Kier molecular flexibility index (Phi) is 6.62. The zero-order valence-electron chi connectivity index (χ0n) is 20.3. The molecule has 4 aromatic carbocycles. The van der Waals surface area contributed by atoms with E-state index < -0.39 is 0 Å². The summed E-state index contributed by atoms with van der Waals surface area (Å²) in [5.74, 6) is 1.03. The Labute approximate surface area is 226 Å². The zero-order valence-corrected chi connectivity index (χ0v) is 21.8. The molecule has 0 fully saturated rings. The number of nitrogens with zero attached hydrogens (tertiary/aromatic N) is 2. The predicted octanol–water partition coefficient (Wildman–Crippen LogP) is 9.51. The number of halogens is 1. The van der Waals surface area contributed by atoms with Crippen LogP contribution in [0.5, 0.6) is 0 Å². The molecule has 1 atom stereocenters. The van der Waals surface area contributed by atoms with Crippen molar-refractivity contribution in [3.8, 4) is 44.9 Å². The van der Waals surface area contributed by atoms with Crippen LogP contribution in [0, 0.1) is 0 Å². The van der Waals surface area contributed by atoms with E-state index in [4.69, 9.17) is 9.97 Å². The quantitative estimate of drug-likeness (QED) is 0.221. The Hall–Kier alpha value is -4.08. The first-order valence-electron chi connectivity index (χ1n) is 12.5. The number of benzene rings is 4. The van der Waals surface area contributed by atoms with Crippen molar-refractivity contribution >= 4 is 15.9 Å². The van der Waals surface area contributed by atoms with Crippen molar-refractivity contribution in [2.75, 3.05) is 0 Å². The molecule has 178 valence electrons. The van der Waals surface area contributed by atoms with Gasteiger partial charge < -0.3 is 0 Å². The minimum Gasteiger partial charge on any atom is -0.232 e. The van der Waals surface area contributed by atoms with Crippen LogP contribution in [-0.2, 0) is 0 Å². The average molecular weight is 541 g/mol. The SMILES string of the molecule is Brc1ccc(-c2ccc(-c3ccc(-c4cc(C5C=CC=CC5)nc(-c5ccccc5)n4)cc3)cc2)cc1. The van der Waals surface area contributed by atoms with Gasteiger partial charge in [-0.1, -0.05) is 131 Å². The molecule has 0 radical (unpaired) electrons. The molecular weight excluding hydrogens is 516 g/mol. The van der Waals surface area contributed by atoms with Crippen molar-refractivity contribution in [1.82, 2.24) is 9.97 Å². The van der Waals surface area contributed by atoms with Crippen molar-refractivity contribution in [2.24, 2.45) is 0 Å². The first kappa shape index (κ1) is 23.3. The molecule has 0 N–H and O–H groups in total. The Balaban J connectivity index is 1.31. The second kappa shape index (κ2) is 10.5. The lowest BCUT2D eigenvalue weighted by Crippen LogP contribution is -2.03. The summed E-state index contributed by atoms with van der Waals surface area (Å²) in [7, 11) is 0. The molecule has 1 aliphatic rings. The summed E-state index contributed by atoms with van der Waals surface area (Å²) in [5.41, 5.74) is 8.92. The molecule has 0 saturated carbocycles. The van der Waals surface area contributed by atoms with E-state index in [0.717, 1.165) is 39.2 Å². The summed E-state index contributed by atoms with van der Waals surface area (Å²) in [4.78, 5) is 9.92. The fourth-order valence-corrected chi connectivity index (χ4v) is 4.92. The summed E-state index contributed by atoms with van der Waals surface area (Å²) in [6.07, 6.45) is 9.58. The van der Waals surface area contributed by atoms with E-state index in [1.54, 1.807) is 0 Å². The van der Waals surface area contributed by atoms with Crippen LogP contribution in [0.2, 0.25) is 0 Å². The minimum atomic E-state index is 0.262. The molecule has 5 aromatic rings. The van der Waals surface area contributed by atoms with Crippen molar-refractivity contribution < 1.29 is 0 Å². The normalized spacial score (nSPS) is 14.6. The summed E-state index contributed by atoms with van der Waals surface area (Å²) in [6, 6.07) is 38.2. The molecule has 3 heteroatoms. The van der Waals surface area contributed by atoms with Gasteiger partial charge in [0.1, 0.15) is 0 Å². The molecule has 37 heavy (non-hydrogen) atoms. The maximum Gasteiger partial charge on any atom is 0.160 e. The standard InChI is InChI=1S/C34H25BrN2/c35-31-21-19-27(20-22-31)25-13-11-24(12-14-25)26-15-17-29(18-16-26)33-23-32(28-7-3-1-4-8-28)36-34(37-33)30-9-5-2-6-10-30/h1-7,9-23,28H,8H2. The van der Waals surface area contributed by atoms with E-state index in [9.17, 15) is 0 Å². The second-order valence-corrected chi connectivity index (χ2v) is 10.1. The van der Waals surface area contributed by atoms with E-state index in [1.807, 2.05) is 18.2 Å². The summed E-state index contributed by atoms with van der Waals surface area (Å²) in [6.45, 7) is 0. The predicted molar refractivity (Wildman–Crippen MR) is 157 cm³/mol. The van der Waals surface area contributed by atoms with Crippen molar-refractivity contribution in [1.29, 1.82) is 0 Å². The van der Waals surface area contributed by atoms with Gasteiger partial charge in [0, 0.05) is 21.5 Å². The number of rotatable bonds is 5. The van der Waals surface area contributed by atoms with Crippen molar-refractivity contribution in [3.63, 3.8) is 0 Å². The van der Waals surface area contributed by atoms with Gasteiger partial charge in [0.05, 0.1) is 11.4 Å². The van der Waals surface area contributed by atoms with E-state index >= 15 is 0 Å². The molecule has 0 spiro atoms. The molecule has 1 aromatic heterocycles. The molecule has 0 bridgehead atoms. The van der Waals surface area contributed by atoms with Crippen LogP contribution >= 0.6 is 15.9 Å². The van der Waals surface area contributed by atoms with E-state index in [-0.39, 0.29) is 5.92 Å². The summed E-state index contributed by atoms with van der Waals surface area (Å²) in [5, 5.41) is 0. The molecule has 2 nitrogen and oxygen atoms in total. The first-order chi connectivity index (χ1) is 18.2. The van der Waals surface area contributed by atoms with Crippen LogP contribution in [0.4, 0.5) is 0 Å². The van der Waals surface area contributed by atoms with Crippen LogP contribution in [0.25, 0.3) is 44.9 Å². The molecule has 1 unspecified atom stereocenters. The summed E-state index contributed by atoms with van der Waals surface area (Å²) >= 11 is 3.51. The van der Waals surface area contributed by atoms with Gasteiger partial charge in [0.15, 0.2) is 5.82 Å². The third-order valence-electron chi connectivity index (χ3n) is 6.71. The van der Waals surface area contributed by atoms with E-state index in [1.165, 1.54) is 22.3 Å². The Morgan fingerprint density at radius 2 is 1.14 bits per heavy atom. The van der Waals surface area contributed by atoms with Gasteiger partial charge in [-0.2, -0.15) is 0 Å². The van der Waals surface area contributed by atoms with Crippen LogP contribution in [0.3, 0.4) is 0 Å². The second-order valence-electron chi connectivity index (χ2n) is 9.18. The lowest BCUT2D eigenvalue weighted by atomic mass is 9.95. The van der Waals surface area contributed by atoms with Crippen molar-refractivity contribution in [2.45, 2.75) is 12.3 Å².